The van der Waals surface area contributed by atoms with Gasteiger partial charge in [-0.15, -0.1) is 12.4 Å². The van der Waals surface area contributed by atoms with Gasteiger partial charge in [0.2, 0.25) is 0 Å². The van der Waals surface area contributed by atoms with Gasteiger partial charge in [-0.3, -0.25) is 9.69 Å². The predicted molar refractivity (Wildman–Crippen MR) is 145 cm³/mol. The lowest BCUT2D eigenvalue weighted by Gasteiger charge is -2.25. The topological polar surface area (TPSA) is 54.9 Å². The maximum atomic E-state index is 13.7. The molecule has 1 heterocycles. The molecule has 6 nitrogen and oxygen atoms in total. The first-order chi connectivity index (χ1) is 15.7. The molecule has 0 spiro atoms. The molecule has 0 bridgehead atoms. The Morgan fingerprint density at radius 1 is 0.941 bits per heavy atom. The summed E-state index contributed by atoms with van der Waals surface area (Å²) in [5.41, 5.74) is 2.59. The van der Waals surface area contributed by atoms with Crippen molar-refractivity contribution in [3.05, 3.63) is 47.5 Å². The Labute approximate surface area is 213 Å². The average Bonchev–Trinajstić information content (AvgIpc) is 3.25. The number of halogens is 1. The van der Waals surface area contributed by atoms with Gasteiger partial charge in [0.15, 0.2) is 5.13 Å². The van der Waals surface area contributed by atoms with E-state index in [-0.39, 0.29) is 23.7 Å². The van der Waals surface area contributed by atoms with Crippen LogP contribution in [0.4, 0.5) is 5.13 Å². The summed E-state index contributed by atoms with van der Waals surface area (Å²) >= 11 is 1.45. The molecule has 0 radical (unpaired) electrons. The average molecular weight is 506 g/mol. The molecule has 0 saturated carbocycles. The molecule has 0 fully saturated rings. The predicted octanol–water partition coefficient (Wildman–Crippen LogP) is 6.02. The van der Waals surface area contributed by atoms with E-state index in [1.54, 1.807) is 19.1 Å². The van der Waals surface area contributed by atoms with Gasteiger partial charge in [0, 0.05) is 18.7 Å². The Morgan fingerprint density at radius 3 is 2.06 bits per heavy atom. The smallest absolute Gasteiger partial charge is 0.260 e. The third-order valence-electron chi connectivity index (χ3n) is 5.91. The highest BCUT2D eigenvalue weighted by Crippen LogP contribution is 2.40. The van der Waals surface area contributed by atoms with Gasteiger partial charge in [-0.1, -0.05) is 58.1 Å². The summed E-state index contributed by atoms with van der Waals surface area (Å²) in [6.07, 6.45) is 0. The minimum absolute atomic E-state index is 0. The lowest BCUT2D eigenvalue weighted by molar-refractivity contribution is 0.0983. The molecule has 8 heteroatoms. The van der Waals surface area contributed by atoms with Crippen molar-refractivity contribution in [2.75, 3.05) is 45.3 Å². The van der Waals surface area contributed by atoms with E-state index in [2.05, 4.69) is 39.5 Å². The second kappa shape index (κ2) is 11.9. The quantitative estimate of drug-likeness (QED) is 0.356. The molecule has 186 valence electrons. The normalized spacial score (nSPS) is 11.4. The minimum Gasteiger partial charge on any atom is -0.495 e. The van der Waals surface area contributed by atoms with Crippen LogP contribution in [0.2, 0.25) is 0 Å². The summed E-state index contributed by atoms with van der Waals surface area (Å²) in [7, 11) is 3.26. The fraction of sp³-hybridized carbons (Fsp3) is 0.462. The lowest BCUT2D eigenvalue weighted by Crippen LogP contribution is -2.38. The molecule has 0 atom stereocenters. The van der Waals surface area contributed by atoms with Crippen LogP contribution in [-0.2, 0) is 5.41 Å². The monoisotopic (exact) mass is 505 g/mol. The van der Waals surface area contributed by atoms with Gasteiger partial charge in [0.05, 0.1) is 14.2 Å². The highest BCUT2D eigenvalue weighted by molar-refractivity contribution is 7.22. The second-order valence-electron chi connectivity index (χ2n) is 8.96. The molecule has 0 aliphatic carbocycles. The van der Waals surface area contributed by atoms with Crippen molar-refractivity contribution in [3.8, 4) is 11.5 Å². The summed E-state index contributed by atoms with van der Waals surface area (Å²) < 4.78 is 11.9. The van der Waals surface area contributed by atoms with E-state index in [0.29, 0.717) is 28.5 Å². The van der Waals surface area contributed by atoms with Crippen LogP contribution in [-0.4, -0.2) is 56.2 Å². The fourth-order valence-corrected chi connectivity index (χ4v) is 4.82. The van der Waals surface area contributed by atoms with Crippen LogP contribution in [0.3, 0.4) is 0 Å². The zero-order valence-corrected chi connectivity index (χ0v) is 22.8. The maximum Gasteiger partial charge on any atom is 0.260 e. The number of rotatable bonds is 9. The van der Waals surface area contributed by atoms with Gasteiger partial charge >= 0.3 is 0 Å². The van der Waals surface area contributed by atoms with Crippen molar-refractivity contribution in [3.63, 3.8) is 0 Å². The summed E-state index contributed by atoms with van der Waals surface area (Å²) in [6.45, 7) is 13.9. The van der Waals surface area contributed by atoms with Crippen LogP contribution in [0.15, 0.2) is 36.4 Å². The summed E-state index contributed by atoms with van der Waals surface area (Å²) in [6, 6.07) is 11.6. The molecule has 0 unspecified atom stereocenters. The maximum absolute atomic E-state index is 13.7. The van der Waals surface area contributed by atoms with Crippen molar-refractivity contribution in [2.45, 2.75) is 40.0 Å². The standard InChI is InChI=1S/C26H35N3O3S.ClH/c1-8-28(9-2)16-17-29(24(30)18-10-12-19(13-11-18)26(3,4)5)25-27-22-20(31-6)14-15-21(32-7)23(22)33-25;/h10-15H,8-9,16-17H2,1-7H3;1H. The number of amides is 1. The number of fused-ring (bicyclic) bond motifs is 1. The molecular formula is C26H36ClN3O3S. The zero-order chi connectivity index (χ0) is 24.2. The Hall–Kier alpha value is -2.35. The molecule has 3 aromatic rings. The van der Waals surface area contributed by atoms with Crippen LogP contribution in [0.1, 0.15) is 50.5 Å². The van der Waals surface area contributed by atoms with Crippen LogP contribution in [0, 0.1) is 0 Å². The fourth-order valence-electron chi connectivity index (χ4n) is 3.72. The van der Waals surface area contributed by atoms with Crippen LogP contribution < -0.4 is 14.4 Å². The first-order valence-corrected chi connectivity index (χ1v) is 12.2. The number of aromatic nitrogens is 1. The highest BCUT2D eigenvalue weighted by atomic mass is 35.5. The Bertz CT molecular complexity index is 1050. The van der Waals surface area contributed by atoms with Crippen LogP contribution in [0.25, 0.3) is 10.2 Å². The first kappa shape index (κ1) is 27.9. The van der Waals surface area contributed by atoms with Crippen LogP contribution >= 0.6 is 23.7 Å². The number of anilines is 1. The lowest BCUT2D eigenvalue weighted by atomic mass is 9.86. The van der Waals surface area contributed by atoms with Gasteiger partial charge in [0.1, 0.15) is 21.7 Å². The molecule has 1 amide bonds. The zero-order valence-electron chi connectivity index (χ0n) is 21.2. The third-order valence-corrected chi connectivity index (χ3v) is 7.00. The summed E-state index contributed by atoms with van der Waals surface area (Å²) in [4.78, 5) is 22.6. The van der Waals surface area contributed by atoms with Crippen molar-refractivity contribution in [1.82, 2.24) is 9.88 Å². The van der Waals surface area contributed by atoms with E-state index in [0.717, 1.165) is 30.1 Å². The van der Waals surface area contributed by atoms with E-state index in [9.17, 15) is 4.79 Å². The van der Waals surface area contributed by atoms with Crippen molar-refractivity contribution >= 4 is 45.0 Å². The minimum atomic E-state index is -0.0559. The number of likely N-dealkylation sites (N-methyl/N-ethyl adjacent to an activating group) is 1. The van der Waals surface area contributed by atoms with E-state index in [4.69, 9.17) is 14.5 Å². The number of benzene rings is 2. The molecule has 0 aliphatic rings. The molecule has 1 aromatic heterocycles. The molecule has 2 aromatic carbocycles. The Morgan fingerprint density at radius 2 is 1.53 bits per heavy atom. The number of nitrogens with zero attached hydrogens (tertiary/aromatic N) is 3. The van der Waals surface area contributed by atoms with E-state index >= 15 is 0 Å². The van der Waals surface area contributed by atoms with Crippen molar-refractivity contribution in [1.29, 1.82) is 0 Å². The number of carbonyl (C=O) groups excluding carboxylic acids is 1. The second-order valence-corrected chi connectivity index (χ2v) is 9.93. The van der Waals surface area contributed by atoms with Crippen molar-refractivity contribution < 1.29 is 14.3 Å². The molecule has 3 rings (SSSR count). The van der Waals surface area contributed by atoms with E-state index in [1.165, 1.54) is 16.9 Å². The third kappa shape index (κ3) is 6.01. The number of carbonyl (C=O) groups is 1. The number of methoxy groups -OCH3 is 2. The van der Waals surface area contributed by atoms with Crippen molar-refractivity contribution in [2.24, 2.45) is 0 Å². The molecule has 34 heavy (non-hydrogen) atoms. The molecule has 0 N–H and O–H groups in total. The van der Waals surface area contributed by atoms with Crippen LogP contribution in [0.5, 0.6) is 11.5 Å². The largest absolute Gasteiger partial charge is 0.495 e. The Kier molecular flexibility index (Phi) is 9.74. The van der Waals surface area contributed by atoms with Gasteiger partial charge < -0.3 is 14.4 Å². The van der Waals surface area contributed by atoms with Gasteiger partial charge in [-0.2, -0.15) is 0 Å². The number of thiazole rings is 1. The molecular weight excluding hydrogens is 470 g/mol. The first-order valence-electron chi connectivity index (χ1n) is 11.4. The van der Waals surface area contributed by atoms with Gasteiger partial charge in [-0.05, 0) is 48.3 Å². The molecule has 0 aliphatic heterocycles. The number of ether oxygens (including phenoxy) is 2. The van der Waals surface area contributed by atoms with Gasteiger partial charge in [-0.25, -0.2) is 4.98 Å². The summed E-state index contributed by atoms with van der Waals surface area (Å²) in [5, 5.41) is 0.643. The Balaban J connectivity index is 0.00000408. The number of hydrogen-bond donors (Lipinski definition) is 0. The van der Waals surface area contributed by atoms with E-state index < -0.39 is 0 Å². The van der Waals surface area contributed by atoms with Gasteiger partial charge in [0.25, 0.3) is 5.91 Å². The van der Waals surface area contributed by atoms with E-state index in [1.807, 2.05) is 36.4 Å². The summed E-state index contributed by atoms with van der Waals surface area (Å²) in [5.74, 6) is 1.33. The SMILES string of the molecule is CCN(CC)CCN(C(=O)c1ccc(C(C)(C)C)cc1)c1nc2c(OC)ccc(OC)c2s1.Cl. The molecule has 0 saturated heterocycles. The number of hydrogen-bond acceptors (Lipinski definition) is 6. The highest BCUT2D eigenvalue weighted by Gasteiger charge is 2.24.